The van der Waals surface area contributed by atoms with Gasteiger partial charge in [-0.3, -0.25) is 19.2 Å². The number of carbonyl (C=O) groups excluding carboxylic acids is 2. The van der Waals surface area contributed by atoms with E-state index in [2.05, 4.69) is 14.9 Å². The lowest BCUT2D eigenvalue weighted by Crippen LogP contribution is -2.40. The number of benzene rings is 6. The molecule has 0 N–H and O–H groups in total. The maximum Gasteiger partial charge on any atom is 0.416 e. The molecule has 95 heavy (non-hydrogen) atoms. The van der Waals surface area contributed by atoms with Gasteiger partial charge in [-0.2, -0.15) is 36.3 Å². The number of likely N-dealkylation sites (N-methyl/N-ethyl adjacent to an activating group) is 2. The summed E-state index contributed by atoms with van der Waals surface area (Å²) in [6, 6.07) is 5.18. The molecule has 2 amide bonds. The van der Waals surface area contributed by atoms with E-state index in [4.69, 9.17) is 28.8 Å². The highest BCUT2D eigenvalue weighted by Gasteiger charge is 2.33. The van der Waals surface area contributed by atoms with Gasteiger partial charge in [-0.15, -0.1) is 0 Å². The minimum atomic E-state index is -5.13. The molecule has 2 aliphatic rings. The molecule has 2 aliphatic carbocycles. The zero-order valence-corrected chi connectivity index (χ0v) is 53.7. The number of hydrogen-bond acceptors (Lipinski definition) is 10. The van der Waals surface area contributed by atoms with Crippen LogP contribution in [-0.4, -0.2) is 103 Å². The van der Waals surface area contributed by atoms with Crippen molar-refractivity contribution < 1.29 is 73.5 Å². The molecule has 0 saturated carbocycles. The number of halogens is 8. The van der Waals surface area contributed by atoms with Gasteiger partial charge in [0.05, 0.1) is 26.2 Å². The third-order valence-corrected chi connectivity index (χ3v) is 17.2. The number of thioether (sulfide) groups is 2. The van der Waals surface area contributed by atoms with Gasteiger partial charge in [0.1, 0.15) is 24.7 Å². The van der Waals surface area contributed by atoms with Crippen molar-refractivity contribution in [2.45, 2.75) is 133 Å². The second-order valence-corrected chi connectivity index (χ2v) is 23.2. The van der Waals surface area contributed by atoms with Crippen molar-refractivity contribution in [3.05, 3.63) is 233 Å². The first-order valence-corrected chi connectivity index (χ1v) is 31.7. The van der Waals surface area contributed by atoms with E-state index < -0.39 is 206 Å². The Balaban J connectivity index is 0.000000269. The molecule has 6 aromatic carbocycles. The highest BCUT2D eigenvalue weighted by atomic mass is 32.2. The van der Waals surface area contributed by atoms with E-state index in [1.54, 1.807) is 43.0 Å². The normalized spacial score (nSPS) is 17.9. The Bertz CT molecular complexity index is 5130. The van der Waals surface area contributed by atoms with E-state index in [-0.39, 0.29) is 54.6 Å². The Kier molecular flexibility index (Phi) is 16.5. The first-order chi connectivity index (χ1) is 53.9. The van der Waals surface area contributed by atoms with Crippen LogP contribution in [0.1, 0.15) is 131 Å². The topological polar surface area (TPSA) is 117 Å². The summed E-state index contributed by atoms with van der Waals surface area (Å²) in [5.41, 5.74) is -12.4. The molecule has 0 unspecified atom stereocenters. The van der Waals surface area contributed by atoms with Crippen LogP contribution in [0.15, 0.2) is 159 Å². The van der Waals surface area contributed by atoms with Crippen molar-refractivity contribution in [3.8, 4) is 22.3 Å². The van der Waals surface area contributed by atoms with Crippen LogP contribution in [-0.2, 0) is 85.1 Å². The van der Waals surface area contributed by atoms with Crippen molar-refractivity contribution in [3.63, 3.8) is 0 Å². The molecular weight excluding hydrogens is 1270 g/mol. The summed E-state index contributed by atoms with van der Waals surface area (Å²) in [7, 11) is 0. The summed E-state index contributed by atoms with van der Waals surface area (Å²) in [5.74, 6) is -3.52. The molecule has 0 saturated heterocycles. The number of amides is 2. The Morgan fingerprint density at radius 1 is 0.547 bits per heavy atom. The molecular formula is C73H78F8N8O4S2. The molecule has 0 spiro atoms. The third-order valence-electron chi connectivity index (χ3n) is 15.5. The summed E-state index contributed by atoms with van der Waals surface area (Å²) in [6.45, 7) is 9.66. The minimum absolute atomic E-state index is 0.113. The summed E-state index contributed by atoms with van der Waals surface area (Å²) >= 11 is 0.524. The van der Waals surface area contributed by atoms with Gasteiger partial charge in [0.25, 0.3) is 11.1 Å². The van der Waals surface area contributed by atoms with Crippen LogP contribution < -0.4 is 11.1 Å². The number of rotatable bonds is 26. The van der Waals surface area contributed by atoms with Crippen molar-refractivity contribution in [1.82, 2.24) is 38.7 Å². The Labute approximate surface area is 586 Å². The molecule has 0 fully saturated rings. The van der Waals surface area contributed by atoms with Crippen LogP contribution >= 0.6 is 23.5 Å². The second kappa shape index (κ2) is 32.7. The second-order valence-electron chi connectivity index (χ2n) is 21.6. The van der Waals surface area contributed by atoms with Gasteiger partial charge >= 0.3 is 12.4 Å². The lowest BCUT2D eigenvalue weighted by atomic mass is 9.98. The van der Waals surface area contributed by atoms with E-state index in [0.29, 0.717) is 84.2 Å². The monoisotopic (exact) mass is 1370 g/mol. The molecule has 2 heterocycles. The molecule has 0 atom stereocenters. The molecule has 22 heteroatoms. The number of fused-ring (bicyclic) bond motifs is 2. The lowest BCUT2D eigenvalue weighted by Gasteiger charge is -2.28. The predicted octanol–water partition coefficient (Wildman–Crippen LogP) is 14.7. The average molecular weight is 1370 g/mol. The molecule has 502 valence electrons. The van der Waals surface area contributed by atoms with Gasteiger partial charge in [-0.25, -0.2) is 8.78 Å². The number of alkyl halides is 6. The van der Waals surface area contributed by atoms with Gasteiger partial charge in [-0.1, -0.05) is 148 Å². The average Bonchev–Trinajstić information content (AvgIpc) is 1.52. The molecule has 10 rings (SSSR count). The van der Waals surface area contributed by atoms with E-state index in [1.165, 1.54) is 16.7 Å². The Hall–Kier alpha value is -7.92. The SMILES string of the molecule is [2H]c1c([2H])c(-c2c([2H])c([2H])c(C(F)(F)F)c(C)c2[2H])c([2H])c([2H])c1CN(CCN(CC)CC)C(=O)Cn1c(SC([2H])([2H])c2ccc(F)cc2)nc(=O)c2c1C([2H])([2H])C([2H])([2H])C2([2H])[2H].[2H]c1c([2H])c(C([2H])([2H])Sc2nc(=O)c3c(n2CC(=O)N(CCN(CC)CC)Cc2ccc(-c4ccc(C(F)(F)F)cc4)cc2)CCC3)c([2H])c([2H])c1F. The number of aromatic nitrogens is 4. The van der Waals surface area contributed by atoms with Gasteiger partial charge in [0.15, 0.2) is 10.3 Å². The zero-order chi connectivity index (χ0) is 86.5. The first-order valence-electron chi connectivity index (χ1n) is 40.6. The van der Waals surface area contributed by atoms with Crippen LogP contribution in [0, 0.1) is 18.6 Å². The molecule has 0 aliphatic heterocycles. The number of nitrogens with zero attached hydrogens (tertiary/aromatic N) is 8. The van der Waals surface area contributed by atoms with Gasteiger partial charge < -0.3 is 28.7 Å². The lowest BCUT2D eigenvalue weighted by molar-refractivity contribution is -0.138. The number of hydrogen-bond donors (Lipinski definition) is 0. The Morgan fingerprint density at radius 2 is 1.04 bits per heavy atom. The zero-order valence-electron chi connectivity index (χ0n) is 73.1. The first kappa shape index (κ1) is 47.9. The fraction of sp³-hybridized carbons (Fsp3) is 0.370. The minimum Gasteiger partial charge on any atom is -0.336 e. The fourth-order valence-corrected chi connectivity index (χ4v) is 11.7. The van der Waals surface area contributed by atoms with Gasteiger partial charge in [0, 0.05) is 86.9 Å². The van der Waals surface area contributed by atoms with E-state index in [1.807, 2.05) is 18.7 Å². The maximum absolute atomic E-state index is 14.7. The van der Waals surface area contributed by atoms with E-state index in [0.717, 1.165) is 66.9 Å². The largest absolute Gasteiger partial charge is 0.416 e. The standard InChI is InChI=1S/C37H40F4N4O2S.C36H38F4N4O2S/c1-4-43(5-2)19-20-44(22-26-9-13-28(14-10-26)29-15-18-32(25(3)21-29)37(39,40)41)34(46)23-45-33-8-6-7-31(33)35(47)42-36(45)48-24-27-11-16-30(38)17-12-27;1-3-42(4-2)20-21-43(22-25-8-12-27(13-9-25)28-14-16-29(17-15-28)36(38,39)40)33(45)23-44-32-7-5-6-31(32)34(46)41-35(44)47-24-26-10-18-30(37)19-11-26/h9-18,21H,4-8,19-20,22-24H2,1-3H3;8-19H,3-7,20-24H2,1-2H3/i6D2,7D2,8D2,9D,10D,13D,14D,15D,18D,21D,24D2;10D,11D,18D,19D,24D2. The smallest absolute Gasteiger partial charge is 0.336 e. The van der Waals surface area contributed by atoms with Crippen molar-refractivity contribution in [2.75, 3.05) is 52.4 Å². The van der Waals surface area contributed by atoms with Crippen LogP contribution in [0.3, 0.4) is 0 Å². The van der Waals surface area contributed by atoms with Crippen molar-refractivity contribution >= 4 is 35.3 Å². The Morgan fingerprint density at radius 3 is 1.59 bits per heavy atom. The summed E-state index contributed by atoms with van der Waals surface area (Å²) in [6.07, 6.45) is -18.3. The van der Waals surface area contributed by atoms with Gasteiger partial charge in [-0.05, 0) is 164 Å². The molecule has 0 radical (unpaired) electrons. The number of carbonyl (C=O) groups is 2. The van der Waals surface area contributed by atoms with Crippen LogP contribution in [0.5, 0.6) is 0 Å². The van der Waals surface area contributed by atoms with Crippen LogP contribution in [0.25, 0.3) is 22.3 Å². The van der Waals surface area contributed by atoms with Crippen molar-refractivity contribution in [2.24, 2.45) is 0 Å². The predicted molar refractivity (Wildman–Crippen MR) is 358 cm³/mol. The quantitative estimate of drug-likeness (QED) is 0.0295. The highest BCUT2D eigenvalue weighted by molar-refractivity contribution is 7.98. The van der Waals surface area contributed by atoms with E-state index >= 15 is 0 Å². The molecule has 2 aromatic heterocycles. The van der Waals surface area contributed by atoms with Crippen LogP contribution in [0.2, 0.25) is 0 Å². The summed E-state index contributed by atoms with van der Waals surface area (Å²) in [4.78, 5) is 70.1. The van der Waals surface area contributed by atoms with Crippen molar-refractivity contribution in [1.29, 1.82) is 0 Å². The summed E-state index contributed by atoms with van der Waals surface area (Å²) < 4.78 is 290. The molecule has 12 nitrogen and oxygen atoms in total. The van der Waals surface area contributed by atoms with Gasteiger partial charge in [0.2, 0.25) is 11.8 Å². The fourth-order valence-electron chi connectivity index (χ4n) is 10.2. The third kappa shape index (κ3) is 19.0. The summed E-state index contributed by atoms with van der Waals surface area (Å²) in [5, 5.41) is -0.895. The van der Waals surface area contributed by atoms with Crippen LogP contribution in [0.4, 0.5) is 35.1 Å². The molecule has 8 aromatic rings. The van der Waals surface area contributed by atoms with E-state index in [9.17, 15) is 54.3 Å². The molecule has 0 bridgehead atoms. The highest BCUT2D eigenvalue weighted by Crippen LogP contribution is 2.36. The maximum atomic E-state index is 14.7.